The lowest BCUT2D eigenvalue weighted by Gasteiger charge is -2.36. The van der Waals surface area contributed by atoms with E-state index in [2.05, 4.69) is 56.7 Å². The molecule has 0 saturated heterocycles. The first-order valence-corrected chi connectivity index (χ1v) is 18.3. The van der Waals surface area contributed by atoms with Crippen molar-refractivity contribution in [2.45, 2.75) is 38.5 Å². The van der Waals surface area contributed by atoms with Crippen LogP contribution in [0.5, 0.6) is 0 Å². The molecule has 7 rings (SSSR count). The first-order chi connectivity index (χ1) is 27.2. The SMILES string of the molecule is CCCN(Cc1ccc(-c2ccccc2-c2nnnn2C(c2ccccc2)(c2ccccc2)c2ccccc2)cc1)c1nc(C(F)(F)F)ncc1C(=O)OCC. The smallest absolute Gasteiger partial charge is 0.451 e. The normalized spacial score (nSPS) is 11.7. The van der Waals surface area contributed by atoms with Crippen LogP contribution >= 0.6 is 0 Å². The van der Waals surface area contributed by atoms with Gasteiger partial charge in [0.25, 0.3) is 0 Å². The molecule has 282 valence electrons. The molecule has 0 aliphatic rings. The number of rotatable bonds is 13. The maximum absolute atomic E-state index is 13.7. The number of tetrazole rings is 1. The zero-order valence-electron chi connectivity index (χ0n) is 30.8. The fourth-order valence-corrected chi connectivity index (χ4v) is 7.06. The highest BCUT2D eigenvalue weighted by Gasteiger charge is 2.42. The highest BCUT2D eigenvalue weighted by Crippen LogP contribution is 2.43. The number of alkyl halides is 3. The molecule has 0 unspecified atom stereocenters. The Bertz CT molecular complexity index is 2290. The van der Waals surface area contributed by atoms with E-state index in [0.29, 0.717) is 18.8 Å². The van der Waals surface area contributed by atoms with E-state index in [1.54, 1.807) is 11.8 Å². The number of benzene rings is 5. The number of halogens is 3. The number of carbonyl (C=O) groups is 1. The van der Waals surface area contributed by atoms with Gasteiger partial charge in [0.1, 0.15) is 16.9 Å². The molecule has 56 heavy (non-hydrogen) atoms. The van der Waals surface area contributed by atoms with Crippen molar-refractivity contribution >= 4 is 11.8 Å². The van der Waals surface area contributed by atoms with Gasteiger partial charge in [-0.3, -0.25) is 0 Å². The van der Waals surface area contributed by atoms with Crippen LogP contribution in [-0.2, 0) is 23.0 Å². The fraction of sp³-hybridized carbons (Fsp3) is 0.182. The largest absolute Gasteiger partial charge is 0.462 e. The van der Waals surface area contributed by atoms with Crippen molar-refractivity contribution in [2.75, 3.05) is 18.1 Å². The Labute approximate surface area is 322 Å². The standard InChI is InChI=1S/C44H38F3N7O2/c1-3-28-53(39-38(41(55)56-4-2)29-48-42(49-39)44(45,46)47)30-31-24-26-32(27-25-31)36-22-14-15-23-37(36)40-50-51-52-54(40)43(33-16-8-5-9-17-33,34-18-10-6-11-19-34)35-20-12-7-13-21-35/h5-27,29H,3-4,28,30H2,1-2H3. The molecule has 0 bridgehead atoms. The van der Waals surface area contributed by atoms with Crippen LogP contribution in [0, 0.1) is 0 Å². The van der Waals surface area contributed by atoms with Crippen LogP contribution in [0.15, 0.2) is 146 Å². The van der Waals surface area contributed by atoms with Gasteiger partial charge in [0.2, 0.25) is 5.82 Å². The van der Waals surface area contributed by atoms with Crippen molar-refractivity contribution in [1.82, 2.24) is 30.2 Å². The molecule has 5 aromatic carbocycles. The Balaban J connectivity index is 1.30. The quantitative estimate of drug-likeness (QED) is 0.0850. The van der Waals surface area contributed by atoms with Gasteiger partial charge in [0.05, 0.1) is 6.61 Å². The lowest BCUT2D eigenvalue weighted by Crippen LogP contribution is -2.39. The van der Waals surface area contributed by atoms with Crippen molar-refractivity contribution in [3.63, 3.8) is 0 Å². The van der Waals surface area contributed by atoms with Crippen LogP contribution in [0.1, 0.15) is 58.7 Å². The third-order valence-corrected chi connectivity index (χ3v) is 9.48. The molecule has 0 spiro atoms. The Hall–Kier alpha value is -6.69. The van der Waals surface area contributed by atoms with Crippen LogP contribution in [0.2, 0.25) is 0 Å². The van der Waals surface area contributed by atoms with Gasteiger partial charge in [0, 0.05) is 24.8 Å². The number of hydrogen-bond acceptors (Lipinski definition) is 8. The van der Waals surface area contributed by atoms with E-state index in [9.17, 15) is 18.0 Å². The molecule has 0 fully saturated rings. The number of aromatic nitrogens is 6. The lowest BCUT2D eigenvalue weighted by molar-refractivity contribution is -0.144. The number of nitrogens with zero attached hydrogens (tertiary/aromatic N) is 7. The van der Waals surface area contributed by atoms with Gasteiger partial charge in [-0.25, -0.2) is 19.4 Å². The molecule has 9 nitrogen and oxygen atoms in total. The number of anilines is 1. The van der Waals surface area contributed by atoms with Gasteiger partial charge in [-0.1, -0.05) is 146 Å². The van der Waals surface area contributed by atoms with Crippen LogP contribution in [0.3, 0.4) is 0 Å². The molecule has 0 aliphatic heterocycles. The predicted octanol–water partition coefficient (Wildman–Crippen LogP) is 9.25. The third kappa shape index (κ3) is 7.37. The van der Waals surface area contributed by atoms with Gasteiger partial charge >= 0.3 is 12.1 Å². The summed E-state index contributed by atoms with van der Waals surface area (Å²) in [5.74, 6) is -1.70. The Morgan fingerprint density at radius 2 is 1.29 bits per heavy atom. The van der Waals surface area contributed by atoms with E-state index in [-0.39, 0.29) is 24.5 Å². The Kier molecular flexibility index (Phi) is 11.0. The average molecular weight is 754 g/mol. The third-order valence-electron chi connectivity index (χ3n) is 9.48. The monoisotopic (exact) mass is 753 g/mol. The predicted molar refractivity (Wildman–Crippen MR) is 208 cm³/mol. The summed E-state index contributed by atoms with van der Waals surface area (Å²) in [6, 6.07) is 46.1. The molecule has 0 amide bonds. The highest BCUT2D eigenvalue weighted by molar-refractivity contribution is 5.94. The van der Waals surface area contributed by atoms with Gasteiger partial charge in [0.15, 0.2) is 5.82 Å². The van der Waals surface area contributed by atoms with Crippen LogP contribution in [-0.4, -0.2) is 49.3 Å². The lowest BCUT2D eigenvalue weighted by atomic mass is 9.77. The molecule has 0 radical (unpaired) electrons. The molecular formula is C44H38F3N7O2. The molecule has 0 N–H and O–H groups in total. The van der Waals surface area contributed by atoms with E-state index in [1.807, 2.05) is 115 Å². The molecule has 7 aromatic rings. The van der Waals surface area contributed by atoms with Crippen molar-refractivity contribution < 1.29 is 22.7 Å². The van der Waals surface area contributed by atoms with Crippen LogP contribution in [0.4, 0.5) is 19.0 Å². The van der Waals surface area contributed by atoms with Crippen LogP contribution in [0.25, 0.3) is 22.5 Å². The minimum Gasteiger partial charge on any atom is -0.462 e. The van der Waals surface area contributed by atoms with Crippen molar-refractivity contribution in [2.24, 2.45) is 0 Å². The van der Waals surface area contributed by atoms with E-state index < -0.39 is 23.5 Å². The van der Waals surface area contributed by atoms with Gasteiger partial charge in [-0.05, 0) is 57.2 Å². The summed E-state index contributed by atoms with van der Waals surface area (Å²) in [4.78, 5) is 21.7. The van der Waals surface area contributed by atoms with E-state index >= 15 is 0 Å². The number of hydrogen-bond donors (Lipinski definition) is 0. The maximum atomic E-state index is 13.7. The summed E-state index contributed by atoms with van der Waals surface area (Å²) >= 11 is 0. The van der Waals surface area contributed by atoms with Crippen LogP contribution < -0.4 is 4.90 Å². The molecule has 0 saturated carbocycles. The molecule has 12 heteroatoms. The zero-order chi connectivity index (χ0) is 39.1. The summed E-state index contributed by atoms with van der Waals surface area (Å²) in [7, 11) is 0. The highest BCUT2D eigenvalue weighted by atomic mass is 19.4. The zero-order valence-corrected chi connectivity index (χ0v) is 30.8. The first kappa shape index (κ1) is 37.6. The van der Waals surface area contributed by atoms with Crippen molar-refractivity contribution in [3.05, 3.63) is 179 Å². The average Bonchev–Trinajstić information content (AvgIpc) is 3.72. The minimum absolute atomic E-state index is 0.0497. The Morgan fingerprint density at radius 1 is 0.732 bits per heavy atom. The summed E-state index contributed by atoms with van der Waals surface area (Å²) in [6.07, 6.45) is -3.32. The molecule has 2 heterocycles. The fourth-order valence-electron chi connectivity index (χ4n) is 7.06. The van der Waals surface area contributed by atoms with E-state index in [0.717, 1.165) is 45.1 Å². The second-order valence-corrected chi connectivity index (χ2v) is 13.0. The Morgan fingerprint density at radius 3 is 1.82 bits per heavy atom. The molecule has 0 aliphatic carbocycles. The summed E-state index contributed by atoms with van der Waals surface area (Å²) in [5, 5.41) is 13.6. The summed E-state index contributed by atoms with van der Waals surface area (Å²) in [5.41, 5.74) is 5.18. The second kappa shape index (κ2) is 16.4. The number of carbonyl (C=O) groups excluding carboxylic acids is 1. The van der Waals surface area contributed by atoms with Crippen molar-refractivity contribution in [3.8, 4) is 22.5 Å². The maximum Gasteiger partial charge on any atom is 0.451 e. The second-order valence-electron chi connectivity index (χ2n) is 13.0. The van der Waals surface area contributed by atoms with E-state index in [4.69, 9.17) is 9.95 Å². The summed E-state index contributed by atoms with van der Waals surface area (Å²) in [6.45, 7) is 4.09. The topological polar surface area (TPSA) is 98.9 Å². The number of ether oxygens (including phenoxy) is 1. The molecule has 0 atom stereocenters. The minimum atomic E-state index is -4.79. The summed E-state index contributed by atoms with van der Waals surface area (Å²) < 4.78 is 48.3. The first-order valence-electron chi connectivity index (χ1n) is 18.3. The van der Waals surface area contributed by atoms with Gasteiger partial charge < -0.3 is 9.64 Å². The van der Waals surface area contributed by atoms with Gasteiger partial charge in [-0.15, -0.1) is 5.10 Å². The van der Waals surface area contributed by atoms with Crippen molar-refractivity contribution in [1.29, 1.82) is 0 Å². The molecular weight excluding hydrogens is 716 g/mol. The van der Waals surface area contributed by atoms with Gasteiger partial charge in [-0.2, -0.15) is 13.2 Å². The van der Waals surface area contributed by atoms with E-state index in [1.165, 1.54) is 0 Å². The number of esters is 1. The molecule has 2 aromatic heterocycles.